The molecular weight excluding hydrogens is 511 g/mol. The van der Waals surface area contributed by atoms with Crippen molar-refractivity contribution in [1.82, 2.24) is 9.80 Å². The smallest absolute Gasteiger partial charge is 0.547 e. The molecule has 1 aliphatic heterocycles. The van der Waals surface area contributed by atoms with E-state index in [0.717, 1.165) is 11.1 Å². The Morgan fingerprint density at radius 2 is 1.39 bits per heavy atom. The quantitative estimate of drug-likeness (QED) is 0.450. The van der Waals surface area contributed by atoms with Crippen molar-refractivity contribution < 1.29 is 80.3 Å². The fraction of sp³-hybridized carbons (Fsp3) is 0.483. The largest absolute Gasteiger partial charge is 1.00 e. The van der Waals surface area contributed by atoms with Crippen molar-refractivity contribution in [3.63, 3.8) is 0 Å². The minimum atomic E-state index is -1.24. The first kappa shape index (κ1) is 32.5. The molecule has 1 fully saturated rings. The molecule has 0 radical (unpaired) electrons. The molecule has 200 valence electrons. The molecule has 1 aliphatic rings. The number of amides is 2. The van der Waals surface area contributed by atoms with Gasteiger partial charge in [0, 0.05) is 31.7 Å². The van der Waals surface area contributed by atoms with E-state index < -0.39 is 23.8 Å². The van der Waals surface area contributed by atoms with Gasteiger partial charge in [0.1, 0.15) is 11.7 Å². The van der Waals surface area contributed by atoms with Crippen LogP contribution in [0, 0.1) is 5.92 Å². The van der Waals surface area contributed by atoms with Gasteiger partial charge in [0.2, 0.25) is 0 Å². The predicted molar refractivity (Wildman–Crippen MR) is 138 cm³/mol. The molecule has 9 heteroatoms. The third kappa shape index (κ3) is 9.46. The molecule has 2 amide bonds. The maximum atomic E-state index is 13.1. The number of carbonyl (C=O) groups excluding carboxylic acids is 3. The van der Waals surface area contributed by atoms with Crippen LogP contribution in [0.5, 0.6) is 0 Å². The van der Waals surface area contributed by atoms with Crippen molar-refractivity contribution in [2.75, 3.05) is 26.2 Å². The van der Waals surface area contributed by atoms with Gasteiger partial charge in [-0.05, 0) is 56.4 Å². The summed E-state index contributed by atoms with van der Waals surface area (Å²) in [6, 6.07) is 16.4. The Hall–Kier alpha value is -1.75. The maximum Gasteiger partial charge on any atom is 1.00 e. The van der Waals surface area contributed by atoms with Crippen molar-refractivity contribution in [2.45, 2.75) is 58.8 Å². The summed E-state index contributed by atoms with van der Waals surface area (Å²) in [5, 5.41) is 11.8. The molecule has 0 spiro atoms. The van der Waals surface area contributed by atoms with Crippen molar-refractivity contribution in [2.24, 2.45) is 5.92 Å². The van der Waals surface area contributed by atoms with Crippen LogP contribution in [0.1, 0.15) is 68.6 Å². The topological polar surface area (TPSA) is 99.2 Å². The second-order valence-corrected chi connectivity index (χ2v) is 10.7. The number of hydrogen-bond donors (Lipinski definition) is 0. The maximum absolute atomic E-state index is 13.1. The van der Waals surface area contributed by atoms with Crippen molar-refractivity contribution >= 4 is 18.0 Å². The van der Waals surface area contributed by atoms with Crippen LogP contribution in [0.2, 0.25) is 0 Å². The number of ether oxygens (including phenoxy) is 2. The molecule has 0 bridgehead atoms. The zero-order valence-electron chi connectivity index (χ0n) is 23.3. The fourth-order valence-electron chi connectivity index (χ4n) is 4.18. The minimum Gasteiger partial charge on any atom is -0.547 e. The number of carboxylic acids is 1. The van der Waals surface area contributed by atoms with Gasteiger partial charge in [-0.2, -0.15) is 0 Å². The van der Waals surface area contributed by atoms with Crippen LogP contribution in [0.4, 0.5) is 4.79 Å². The molecule has 8 nitrogen and oxygen atoms in total. The van der Waals surface area contributed by atoms with Crippen LogP contribution in [0.3, 0.4) is 0 Å². The third-order valence-electron chi connectivity index (χ3n) is 6.03. The van der Waals surface area contributed by atoms with Crippen LogP contribution in [0.25, 0.3) is 0 Å². The molecule has 2 aromatic rings. The summed E-state index contributed by atoms with van der Waals surface area (Å²) < 4.78 is 11.5. The van der Waals surface area contributed by atoms with Gasteiger partial charge in [0.05, 0.1) is 12.1 Å². The SMILES string of the molecule is CC(C)CC(OC(c1ccccc1)c1ccc(C(=O)N2CCN(C(=O)OC(C)(C)C)CC2)cc1)C(=O)[O-].[K+]. The van der Waals surface area contributed by atoms with E-state index in [2.05, 4.69) is 0 Å². The molecular formula is C29H37KN2O6. The van der Waals surface area contributed by atoms with E-state index in [-0.39, 0.29) is 69.3 Å². The van der Waals surface area contributed by atoms with Gasteiger partial charge < -0.3 is 29.2 Å². The Labute approximate surface area is 268 Å². The van der Waals surface area contributed by atoms with Gasteiger partial charge >= 0.3 is 57.5 Å². The number of benzene rings is 2. The van der Waals surface area contributed by atoms with Crippen LogP contribution in [-0.4, -0.2) is 65.7 Å². The van der Waals surface area contributed by atoms with Crippen molar-refractivity contribution in [3.8, 4) is 0 Å². The molecule has 1 saturated heterocycles. The normalized spacial score (nSPS) is 15.4. The Morgan fingerprint density at radius 1 is 0.868 bits per heavy atom. The van der Waals surface area contributed by atoms with Gasteiger partial charge in [-0.3, -0.25) is 4.79 Å². The Bertz CT molecular complexity index is 1060. The van der Waals surface area contributed by atoms with Crippen molar-refractivity contribution in [3.05, 3.63) is 71.3 Å². The predicted octanol–water partition coefficient (Wildman–Crippen LogP) is 0.654. The Balaban J connectivity index is 0.00000507. The second-order valence-electron chi connectivity index (χ2n) is 10.7. The second kappa shape index (κ2) is 14.6. The summed E-state index contributed by atoms with van der Waals surface area (Å²) in [5.41, 5.74) is 1.50. The molecule has 0 aliphatic carbocycles. The molecule has 38 heavy (non-hydrogen) atoms. The Morgan fingerprint density at radius 3 is 1.89 bits per heavy atom. The van der Waals surface area contributed by atoms with Gasteiger partial charge in [-0.1, -0.05) is 56.3 Å². The van der Waals surface area contributed by atoms with Gasteiger partial charge in [0.15, 0.2) is 0 Å². The van der Waals surface area contributed by atoms with Gasteiger partial charge in [0.25, 0.3) is 5.91 Å². The van der Waals surface area contributed by atoms with Crippen LogP contribution < -0.4 is 56.5 Å². The number of aliphatic carboxylic acids is 1. The fourth-order valence-corrected chi connectivity index (χ4v) is 4.18. The van der Waals surface area contributed by atoms with Crippen LogP contribution in [-0.2, 0) is 14.3 Å². The van der Waals surface area contributed by atoms with Crippen LogP contribution in [0.15, 0.2) is 54.6 Å². The van der Waals surface area contributed by atoms with E-state index in [1.54, 1.807) is 34.1 Å². The number of hydrogen-bond acceptors (Lipinski definition) is 6. The number of nitrogens with zero attached hydrogens (tertiary/aromatic N) is 2. The van der Waals surface area contributed by atoms with E-state index in [1.807, 2.05) is 65.0 Å². The number of carboxylic acid groups (broad SMARTS) is 1. The average molecular weight is 549 g/mol. The number of rotatable bonds is 8. The number of carbonyl (C=O) groups is 3. The summed E-state index contributed by atoms with van der Waals surface area (Å²) in [6.07, 6.45) is -1.72. The summed E-state index contributed by atoms with van der Waals surface area (Å²) >= 11 is 0. The summed E-state index contributed by atoms with van der Waals surface area (Å²) in [7, 11) is 0. The zero-order chi connectivity index (χ0) is 27.2. The number of piperazine rings is 1. The van der Waals surface area contributed by atoms with Gasteiger partial charge in [-0.15, -0.1) is 0 Å². The monoisotopic (exact) mass is 548 g/mol. The Kier molecular flexibility index (Phi) is 12.5. The van der Waals surface area contributed by atoms with Crippen molar-refractivity contribution in [1.29, 1.82) is 0 Å². The van der Waals surface area contributed by atoms with E-state index in [0.29, 0.717) is 38.2 Å². The molecule has 1 heterocycles. The molecule has 3 rings (SSSR count). The molecule has 2 aromatic carbocycles. The average Bonchev–Trinajstić information content (AvgIpc) is 2.85. The third-order valence-corrected chi connectivity index (χ3v) is 6.03. The van der Waals surface area contributed by atoms with Crippen LogP contribution >= 0.6 is 0 Å². The molecule has 2 unspecified atom stereocenters. The molecule has 2 atom stereocenters. The first-order valence-corrected chi connectivity index (χ1v) is 12.7. The minimum absolute atomic E-state index is 0. The van der Waals surface area contributed by atoms with E-state index >= 15 is 0 Å². The summed E-state index contributed by atoms with van der Waals surface area (Å²) in [6.45, 7) is 11.0. The zero-order valence-corrected chi connectivity index (χ0v) is 26.4. The summed E-state index contributed by atoms with van der Waals surface area (Å²) in [5.74, 6) is -1.25. The first-order valence-electron chi connectivity index (χ1n) is 12.7. The standard InChI is InChI=1S/C29H38N2O6.K/c1-20(2)19-24(27(33)34)36-25(21-9-7-6-8-10-21)22-11-13-23(14-12-22)26(32)30-15-17-31(18-16-30)28(35)37-29(3,4)5;/h6-14,20,24-25H,15-19H2,1-5H3,(H,33,34);/q;+1/p-1. The molecule has 0 N–H and O–H groups in total. The first-order chi connectivity index (χ1) is 17.4. The summed E-state index contributed by atoms with van der Waals surface area (Å²) in [4.78, 5) is 40.5. The van der Waals surface area contributed by atoms with E-state index in [4.69, 9.17) is 9.47 Å². The molecule has 0 saturated carbocycles. The van der Waals surface area contributed by atoms with Gasteiger partial charge in [-0.25, -0.2) is 4.79 Å². The molecule has 0 aromatic heterocycles. The van der Waals surface area contributed by atoms with E-state index in [9.17, 15) is 19.5 Å². The van der Waals surface area contributed by atoms with E-state index in [1.165, 1.54) is 0 Å².